The van der Waals surface area contributed by atoms with Crippen molar-refractivity contribution in [1.29, 1.82) is 0 Å². The van der Waals surface area contributed by atoms with E-state index in [4.69, 9.17) is 0 Å². The van der Waals surface area contributed by atoms with Crippen LogP contribution in [-0.4, -0.2) is 36.5 Å². The van der Waals surface area contributed by atoms with Gasteiger partial charge in [0.25, 0.3) is 5.91 Å². The number of benzene rings is 1. The first-order chi connectivity index (χ1) is 11.6. The summed E-state index contributed by atoms with van der Waals surface area (Å²) >= 11 is 0. The molecule has 1 aromatic heterocycles. The Morgan fingerprint density at radius 1 is 1.08 bits per heavy atom. The second-order valence-electron chi connectivity index (χ2n) is 5.82. The standard InChI is InChI=1S/C18H25N5O/c1-4-5-6-11-19-17-13-20-16(12-21-17)18(24)22-14-7-9-15(10-8-14)23(2)3/h7-10,12-13H,4-6,11H2,1-3H3,(H,19,21)(H,22,24). The highest BCUT2D eigenvalue weighted by molar-refractivity contribution is 6.02. The molecule has 0 saturated heterocycles. The van der Waals surface area contributed by atoms with Crippen molar-refractivity contribution in [3.8, 4) is 0 Å². The van der Waals surface area contributed by atoms with Crippen LogP contribution in [0.5, 0.6) is 0 Å². The molecule has 0 saturated carbocycles. The number of carbonyl (C=O) groups is 1. The highest BCUT2D eigenvalue weighted by atomic mass is 16.1. The predicted octanol–water partition coefficient (Wildman–Crippen LogP) is 3.40. The number of anilines is 3. The number of nitrogens with zero attached hydrogens (tertiary/aromatic N) is 3. The van der Waals surface area contributed by atoms with Crippen molar-refractivity contribution in [3.63, 3.8) is 0 Å². The lowest BCUT2D eigenvalue weighted by Gasteiger charge is -2.13. The van der Waals surface area contributed by atoms with Gasteiger partial charge in [0, 0.05) is 32.0 Å². The van der Waals surface area contributed by atoms with Gasteiger partial charge in [0.05, 0.1) is 12.4 Å². The van der Waals surface area contributed by atoms with Crippen molar-refractivity contribution in [2.24, 2.45) is 0 Å². The van der Waals surface area contributed by atoms with Crippen LogP contribution < -0.4 is 15.5 Å². The fourth-order valence-electron chi connectivity index (χ4n) is 2.17. The molecule has 0 fully saturated rings. The summed E-state index contributed by atoms with van der Waals surface area (Å²) in [5.41, 5.74) is 2.10. The minimum Gasteiger partial charge on any atom is -0.378 e. The molecule has 1 amide bonds. The average Bonchev–Trinajstić information content (AvgIpc) is 2.59. The van der Waals surface area contributed by atoms with E-state index < -0.39 is 0 Å². The van der Waals surface area contributed by atoms with E-state index in [1.54, 1.807) is 6.20 Å². The Hall–Kier alpha value is -2.63. The summed E-state index contributed by atoms with van der Waals surface area (Å²) in [6, 6.07) is 7.63. The molecule has 128 valence electrons. The topological polar surface area (TPSA) is 70.2 Å². The maximum Gasteiger partial charge on any atom is 0.275 e. The third-order valence-electron chi connectivity index (χ3n) is 3.61. The largest absolute Gasteiger partial charge is 0.378 e. The highest BCUT2D eigenvalue weighted by Gasteiger charge is 2.08. The van der Waals surface area contributed by atoms with Crippen LogP contribution in [-0.2, 0) is 0 Å². The average molecular weight is 327 g/mol. The monoisotopic (exact) mass is 327 g/mol. The molecule has 1 heterocycles. The number of aromatic nitrogens is 2. The number of carbonyl (C=O) groups excluding carboxylic acids is 1. The van der Waals surface area contributed by atoms with Gasteiger partial charge in [-0.2, -0.15) is 0 Å². The number of hydrogen-bond donors (Lipinski definition) is 2. The fourth-order valence-corrected chi connectivity index (χ4v) is 2.17. The third kappa shape index (κ3) is 5.22. The maximum atomic E-state index is 12.2. The smallest absolute Gasteiger partial charge is 0.275 e. The van der Waals surface area contributed by atoms with E-state index in [0.717, 1.165) is 24.3 Å². The summed E-state index contributed by atoms with van der Waals surface area (Å²) in [5.74, 6) is 0.427. The molecule has 0 radical (unpaired) electrons. The number of nitrogens with one attached hydrogen (secondary N) is 2. The Morgan fingerprint density at radius 2 is 1.83 bits per heavy atom. The highest BCUT2D eigenvalue weighted by Crippen LogP contribution is 2.16. The summed E-state index contributed by atoms with van der Waals surface area (Å²) in [4.78, 5) is 22.6. The Bertz CT molecular complexity index is 637. The zero-order valence-corrected chi connectivity index (χ0v) is 14.5. The van der Waals surface area contributed by atoms with Gasteiger partial charge in [-0.3, -0.25) is 4.79 Å². The number of hydrogen-bond acceptors (Lipinski definition) is 5. The van der Waals surface area contributed by atoms with Crippen LogP contribution in [0.4, 0.5) is 17.2 Å². The van der Waals surface area contributed by atoms with Crippen molar-refractivity contribution in [2.75, 3.05) is 36.2 Å². The maximum absolute atomic E-state index is 12.2. The van der Waals surface area contributed by atoms with Gasteiger partial charge in [0.15, 0.2) is 0 Å². The minimum absolute atomic E-state index is 0.266. The zero-order chi connectivity index (χ0) is 17.4. The number of rotatable bonds is 8. The van der Waals surface area contributed by atoms with Crippen molar-refractivity contribution in [3.05, 3.63) is 42.4 Å². The Morgan fingerprint density at radius 3 is 2.42 bits per heavy atom. The van der Waals surface area contributed by atoms with Crippen LogP contribution in [0, 0.1) is 0 Å². The van der Waals surface area contributed by atoms with Gasteiger partial charge in [0.2, 0.25) is 0 Å². The predicted molar refractivity (Wildman–Crippen MR) is 98.8 cm³/mol. The van der Waals surface area contributed by atoms with E-state index in [-0.39, 0.29) is 5.91 Å². The van der Waals surface area contributed by atoms with E-state index in [2.05, 4.69) is 27.5 Å². The van der Waals surface area contributed by atoms with Gasteiger partial charge in [-0.05, 0) is 30.7 Å². The molecule has 0 aliphatic heterocycles. The lowest BCUT2D eigenvalue weighted by atomic mass is 10.2. The SMILES string of the molecule is CCCCCNc1cnc(C(=O)Nc2ccc(N(C)C)cc2)cn1. The van der Waals surface area contributed by atoms with Crippen molar-refractivity contribution >= 4 is 23.1 Å². The van der Waals surface area contributed by atoms with Crippen LogP contribution in [0.15, 0.2) is 36.7 Å². The van der Waals surface area contributed by atoms with Crippen LogP contribution in [0.3, 0.4) is 0 Å². The second kappa shape index (κ2) is 8.86. The fraction of sp³-hybridized carbons (Fsp3) is 0.389. The molecule has 0 bridgehead atoms. The first kappa shape index (κ1) is 17.7. The quantitative estimate of drug-likeness (QED) is 0.727. The van der Waals surface area contributed by atoms with Crippen LogP contribution >= 0.6 is 0 Å². The van der Waals surface area contributed by atoms with Gasteiger partial charge < -0.3 is 15.5 Å². The molecule has 0 unspecified atom stereocenters. The molecule has 0 atom stereocenters. The van der Waals surface area contributed by atoms with Crippen molar-refractivity contribution in [1.82, 2.24) is 9.97 Å². The van der Waals surface area contributed by atoms with Crippen LogP contribution in [0.2, 0.25) is 0 Å². The molecule has 1 aromatic carbocycles. The summed E-state index contributed by atoms with van der Waals surface area (Å²) in [6.07, 6.45) is 6.56. The molecule has 24 heavy (non-hydrogen) atoms. The van der Waals surface area contributed by atoms with Crippen LogP contribution in [0.1, 0.15) is 36.7 Å². The molecular weight excluding hydrogens is 302 g/mol. The van der Waals surface area contributed by atoms with Gasteiger partial charge in [-0.15, -0.1) is 0 Å². The molecule has 0 spiro atoms. The summed E-state index contributed by atoms with van der Waals surface area (Å²) in [5, 5.41) is 6.03. The third-order valence-corrected chi connectivity index (χ3v) is 3.61. The van der Waals surface area contributed by atoms with E-state index in [9.17, 15) is 4.79 Å². The number of amides is 1. The summed E-state index contributed by atoms with van der Waals surface area (Å²) in [7, 11) is 3.95. The van der Waals surface area contributed by atoms with Crippen molar-refractivity contribution in [2.45, 2.75) is 26.2 Å². The van der Waals surface area contributed by atoms with Gasteiger partial charge in [-0.1, -0.05) is 19.8 Å². The second-order valence-corrected chi connectivity index (χ2v) is 5.82. The van der Waals surface area contributed by atoms with Crippen LogP contribution in [0.25, 0.3) is 0 Å². The molecule has 0 aliphatic rings. The lowest BCUT2D eigenvalue weighted by Crippen LogP contribution is -2.15. The molecule has 6 heteroatoms. The van der Waals surface area contributed by atoms with Gasteiger partial charge in [0.1, 0.15) is 11.5 Å². The number of unbranched alkanes of at least 4 members (excludes halogenated alkanes) is 2. The first-order valence-corrected chi connectivity index (χ1v) is 8.25. The van der Waals surface area contributed by atoms with Gasteiger partial charge in [-0.25, -0.2) is 9.97 Å². The van der Waals surface area contributed by atoms with Crippen molar-refractivity contribution < 1.29 is 4.79 Å². The zero-order valence-electron chi connectivity index (χ0n) is 14.5. The Kier molecular flexibility index (Phi) is 6.54. The lowest BCUT2D eigenvalue weighted by molar-refractivity contribution is 0.102. The molecule has 2 rings (SSSR count). The Balaban J connectivity index is 1.90. The summed E-state index contributed by atoms with van der Waals surface area (Å²) < 4.78 is 0. The normalized spacial score (nSPS) is 10.3. The molecule has 2 aromatic rings. The molecular formula is C18H25N5O. The first-order valence-electron chi connectivity index (χ1n) is 8.25. The van der Waals surface area contributed by atoms with Gasteiger partial charge >= 0.3 is 0 Å². The molecule has 0 aliphatic carbocycles. The van der Waals surface area contributed by atoms with E-state index in [1.807, 2.05) is 43.3 Å². The molecule has 6 nitrogen and oxygen atoms in total. The van der Waals surface area contributed by atoms with E-state index in [1.165, 1.54) is 19.0 Å². The minimum atomic E-state index is -0.266. The summed E-state index contributed by atoms with van der Waals surface area (Å²) in [6.45, 7) is 3.04. The van der Waals surface area contributed by atoms with E-state index >= 15 is 0 Å². The van der Waals surface area contributed by atoms with E-state index in [0.29, 0.717) is 11.5 Å². The molecule has 2 N–H and O–H groups in total. The Labute approximate surface area is 143 Å².